The Hall–Kier alpha value is -3.91. The second-order valence-electron chi connectivity index (χ2n) is 7.91. The van der Waals surface area contributed by atoms with Crippen molar-refractivity contribution in [3.63, 3.8) is 0 Å². The lowest BCUT2D eigenvalue weighted by Crippen LogP contribution is -2.48. The molecule has 1 fully saturated rings. The maximum atomic E-state index is 13.6. The van der Waals surface area contributed by atoms with Crippen molar-refractivity contribution in [2.45, 2.75) is 0 Å². The number of halogens is 1. The molecule has 2 aromatic carbocycles. The number of fused-ring (bicyclic) bond motifs is 1. The molecule has 0 aliphatic carbocycles. The van der Waals surface area contributed by atoms with E-state index in [1.165, 1.54) is 7.11 Å². The topological polar surface area (TPSA) is 80.6 Å². The fourth-order valence-electron chi connectivity index (χ4n) is 4.13. The molecule has 34 heavy (non-hydrogen) atoms. The summed E-state index contributed by atoms with van der Waals surface area (Å²) in [6.07, 6.45) is 1.78. The van der Waals surface area contributed by atoms with Crippen LogP contribution in [0.3, 0.4) is 0 Å². The third-order valence-electron chi connectivity index (χ3n) is 5.89. The molecule has 4 aromatic rings. The van der Waals surface area contributed by atoms with Gasteiger partial charge in [0.05, 0.1) is 29.3 Å². The summed E-state index contributed by atoms with van der Waals surface area (Å²) in [5, 5.41) is 0.997. The summed E-state index contributed by atoms with van der Waals surface area (Å²) in [6.45, 7) is 2.76. The highest BCUT2D eigenvalue weighted by atomic mass is 35.5. The number of nitrogens with zero attached hydrogens (tertiary/aromatic N) is 5. The van der Waals surface area contributed by atoms with Crippen molar-refractivity contribution >= 4 is 40.2 Å². The van der Waals surface area contributed by atoms with E-state index < -0.39 is 5.97 Å². The van der Waals surface area contributed by atoms with E-state index in [1.807, 2.05) is 18.2 Å². The number of aromatic nitrogens is 3. The molecule has 0 saturated carbocycles. The molecule has 0 bridgehead atoms. The Kier molecular flexibility index (Phi) is 5.90. The number of hydrogen-bond donors (Lipinski definition) is 0. The molecule has 0 spiro atoms. The third-order valence-corrected chi connectivity index (χ3v) is 6.15. The summed E-state index contributed by atoms with van der Waals surface area (Å²) in [7, 11) is 1.32. The summed E-state index contributed by atoms with van der Waals surface area (Å²) in [5.41, 5.74) is 1.24. The minimum absolute atomic E-state index is 0.217. The first-order valence-corrected chi connectivity index (χ1v) is 11.2. The fraction of sp³-hybridized carbons (Fsp3) is 0.200. The van der Waals surface area contributed by atoms with Crippen LogP contribution >= 0.6 is 11.6 Å². The van der Waals surface area contributed by atoms with Crippen LogP contribution in [-0.4, -0.2) is 53.8 Å². The van der Waals surface area contributed by atoms with Crippen LogP contribution in [0.5, 0.6) is 0 Å². The van der Waals surface area contributed by atoms with E-state index in [0.717, 1.165) is 18.9 Å². The Balaban J connectivity index is 1.59. The quantitative estimate of drug-likeness (QED) is 0.417. The molecule has 1 saturated heterocycles. The zero-order valence-corrected chi connectivity index (χ0v) is 19.3. The van der Waals surface area contributed by atoms with E-state index in [0.29, 0.717) is 46.2 Å². The molecule has 0 unspecified atom stereocenters. The van der Waals surface area contributed by atoms with Crippen LogP contribution < -0.4 is 15.4 Å². The van der Waals surface area contributed by atoms with Crippen molar-refractivity contribution < 1.29 is 9.53 Å². The van der Waals surface area contributed by atoms with Gasteiger partial charge in [0.1, 0.15) is 5.82 Å². The largest absolute Gasteiger partial charge is 0.465 e. The smallest absolute Gasteiger partial charge is 0.337 e. The van der Waals surface area contributed by atoms with E-state index >= 15 is 0 Å². The maximum Gasteiger partial charge on any atom is 0.337 e. The monoisotopic (exact) mass is 475 g/mol. The van der Waals surface area contributed by atoms with Crippen LogP contribution in [-0.2, 0) is 4.74 Å². The van der Waals surface area contributed by atoms with Crippen molar-refractivity contribution in [2.24, 2.45) is 0 Å². The van der Waals surface area contributed by atoms with Gasteiger partial charge in [-0.3, -0.25) is 4.79 Å². The number of methoxy groups -OCH3 is 1. The lowest BCUT2D eigenvalue weighted by atomic mass is 10.1. The minimum Gasteiger partial charge on any atom is -0.465 e. The number of benzene rings is 2. The van der Waals surface area contributed by atoms with Gasteiger partial charge in [0, 0.05) is 37.4 Å². The lowest BCUT2D eigenvalue weighted by Gasteiger charge is -2.36. The molecule has 1 aliphatic rings. The van der Waals surface area contributed by atoms with E-state index in [9.17, 15) is 9.59 Å². The maximum absolute atomic E-state index is 13.6. The molecule has 9 heteroatoms. The molecular weight excluding hydrogens is 454 g/mol. The van der Waals surface area contributed by atoms with Crippen molar-refractivity contribution in [1.82, 2.24) is 14.5 Å². The van der Waals surface area contributed by atoms with Gasteiger partial charge in [0.2, 0.25) is 5.95 Å². The van der Waals surface area contributed by atoms with Gasteiger partial charge in [0.25, 0.3) is 5.56 Å². The summed E-state index contributed by atoms with van der Waals surface area (Å²) < 4.78 is 6.44. The predicted molar refractivity (Wildman–Crippen MR) is 132 cm³/mol. The summed E-state index contributed by atoms with van der Waals surface area (Å²) in [5.74, 6) is 0.963. The zero-order valence-electron chi connectivity index (χ0n) is 18.5. The third kappa shape index (κ3) is 4.08. The number of rotatable bonds is 4. The Morgan fingerprint density at radius 3 is 2.38 bits per heavy atom. The van der Waals surface area contributed by atoms with Gasteiger partial charge in [-0.2, -0.15) is 0 Å². The minimum atomic E-state index is -0.476. The average Bonchev–Trinajstić information content (AvgIpc) is 2.89. The molecule has 172 valence electrons. The van der Waals surface area contributed by atoms with Gasteiger partial charge in [-0.25, -0.2) is 19.3 Å². The number of carbonyl (C=O) groups is 1. The van der Waals surface area contributed by atoms with Crippen molar-refractivity contribution in [2.75, 3.05) is 43.1 Å². The van der Waals surface area contributed by atoms with E-state index in [-0.39, 0.29) is 5.56 Å². The number of carbonyl (C=O) groups excluding carboxylic acids is 1. The summed E-state index contributed by atoms with van der Waals surface area (Å²) in [6, 6.07) is 17.7. The highest BCUT2D eigenvalue weighted by Gasteiger charge is 2.24. The first-order valence-electron chi connectivity index (χ1n) is 10.9. The van der Waals surface area contributed by atoms with Gasteiger partial charge < -0.3 is 14.5 Å². The van der Waals surface area contributed by atoms with Gasteiger partial charge in [-0.1, -0.05) is 17.7 Å². The number of pyridine rings is 1. The van der Waals surface area contributed by atoms with E-state index in [4.69, 9.17) is 21.3 Å². The Bertz CT molecular complexity index is 1400. The Morgan fingerprint density at radius 1 is 0.971 bits per heavy atom. The first-order chi connectivity index (χ1) is 16.5. The highest BCUT2D eigenvalue weighted by Crippen LogP contribution is 2.24. The first kappa shape index (κ1) is 21.9. The summed E-state index contributed by atoms with van der Waals surface area (Å²) >= 11 is 6.09. The molecular formula is C25H22ClN5O3. The number of hydrogen-bond acceptors (Lipinski definition) is 7. The molecule has 1 aliphatic heterocycles. The van der Waals surface area contributed by atoms with Crippen molar-refractivity contribution in [1.29, 1.82) is 0 Å². The van der Waals surface area contributed by atoms with E-state index in [2.05, 4.69) is 14.8 Å². The van der Waals surface area contributed by atoms with Gasteiger partial charge in [-0.15, -0.1) is 0 Å². The average molecular weight is 476 g/mol. The van der Waals surface area contributed by atoms with Crippen molar-refractivity contribution in [3.05, 3.63) is 87.8 Å². The second-order valence-corrected chi connectivity index (χ2v) is 8.35. The highest BCUT2D eigenvalue weighted by molar-refractivity contribution is 6.30. The van der Waals surface area contributed by atoms with Crippen LogP contribution in [0.4, 0.5) is 11.8 Å². The standard InChI is InChI=1S/C25H22ClN5O3/c1-34-24(33)17-5-10-20-21(16-17)28-25(31(23(20)32)19-8-6-18(26)7-9-19)30-14-12-29(13-15-30)22-4-2-3-11-27-22/h2-11,16H,12-15H2,1H3. The van der Waals surface area contributed by atoms with E-state index in [1.54, 1.807) is 53.2 Å². The molecule has 0 atom stereocenters. The van der Waals surface area contributed by atoms with Gasteiger partial charge >= 0.3 is 5.97 Å². The predicted octanol–water partition coefficient (Wildman–Crippen LogP) is 3.55. The van der Waals surface area contributed by atoms with Crippen LogP contribution in [0.15, 0.2) is 71.7 Å². The second kappa shape index (κ2) is 9.15. The molecule has 3 heterocycles. The Labute approximate surface area is 201 Å². The van der Waals surface area contributed by atoms with Gasteiger partial charge in [-0.05, 0) is 54.6 Å². The van der Waals surface area contributed by atoms with Gasteiger partial charge in [0.15, 0.2) is 0 Å². The normalized spacial score (nSPS) is 13.8. The van der Waals surface area contributed by atoms with Crippen LogP contribution in [0.25, 0.3) is 16.6 Å². The van der Waals surface area contributed by atoms with Crippen LogP contribution in [0.1, 0.15) is 10.4 Å². The molecule has 0 radical (unpaired) electrons. The molecule has 8 nitrogen and oxygen atoms in total. The van der Waals surface area contributed by atoms with Crippen LogP contribution in [0.2, 0.25) is 5.02 Å². The SMILES string of the molecule is COC(=O)c1ccc2c(=O)n(-c3ccc(Cl)cc3)c(N3CCN(c4ccccn4)CC3)nc2c1. The molecule has 5 rings (SSSR count). The number of piperazine rings is 1. The van der Waals surface area contributed by atoms with Crippen LogP contribution in [0, 0.1) is 0 Å². The molecule has 0 N–H and O–H groups in total. The Morgan fingerprint density at radius 2 is 1.71 bits per heavy atom. The number of anilines is 2. The fourth-order valence-corrected chi connectivity index (χ4v) is 4.26. The number of esters is 1. The molecule has 2 aromatic heterocycles. The summed E-state index contributed by atoms with van der Waals surface area (Å²) in [4.78, 5) is 39.3. The van der Waals surface area contributed by atoms with Crippen molar-refractivity contribution in [3.8, 4) is 5.69 Å². The molecule has 0 amide bonds. The zero-order chi connectivity index (χ0) is 23.7. The lowest BCUT2D eigenvalue weighted by molar-refractivity contribution is 0.0601. The number of ether oxygens (including phenoxy) is 1.